The van der Waals surface area contributed by atoms with Crippen LogP contribution in [0.25, 0.3) is 22.4 Å². The van der Waals surface area contributed by atoms with Crippen LogP contribution in [-0.4, -0.2) is 45.1 Å². The topological polar surface area (TPSA) is 85.0 Å². The van der Waals surface area contributed by atoms with Crippen molar-refractivity contribution in [3.05, 3.63) is 66.6 Å². The molecular formula is C21H21N5O. The lowest BCUT2D eigenvalue weighted by atomic mass is 10.0. The number of rotatable bonds is 3. The minimum absolute atomic E-state index is 0.0773. The summed E-state index contributed by atoms with van der Waals surface area (Å²) in [6.07, 6.45) is 5.21. The summed E-state index contributed by atoms with van der Waals surface area (Å²) >= 11 is 0. The molecule has 4 rings (SSSR count). The highest BCUT2D eigenvalue weighted by Crippen LogP contribution is 2.24. The van der Waals surface area contributed by atoms with Crippen LogP contribution in [-0.2, 0) is 0 Å². The van der Waals surface area contributed by atoms with E-state index in [9.17, 15) is 4.79 Å². The van der Waals surface area contributed by atoms with E-state index in [2.05, 4.69) is 21.2 Å². The molecule has 1 aliphatic heterocycles. The van der Waals surface area contributed by atoms with Crippen molar-refractivity contribution in [1.29, 1.82) is 0 Å². The van der Waals surface area contributed by atoms with Crippen molar-refractivity contribution in [3.8, 4) is 22.4 Å². The van der Waals surface area contributed by atoms with Gasteiger partial charge in [-0.3, -0.25) is 9.78 Å². The van der Waals surface area contributed by atoms with Gasteiger partial charge in [0.2, 0.25) is 0 Å². The number of hydrogen-bond donors (Lipinski definition) is 1. The van der Waals surface area contributed by atoms with Crippen molar-refractivity contribution in [1.82, 2.24) is 20.1 Å². The number of hydrogen-bond acceptors (Lipinski definition) is 5. The highest BCUT2D eigenvalue weighted by atomic mass is 16.2. The first kappa shape index (κ1) is 17.3. The lowest BCUT2D eigenvalue weighted by Gasteiger charge is -2.29. The normalized spacial score (nSPS) is 14.9. The predicted molar refractivity (Wildman–Crippen MR) is 104 cm³/mol. The fourth-order valence-corrected chi connectivity index (χ4v) is 3.27. The van der Waals surface area contributed by atoms with Crippen LogP contribution in [0.4, 0.5) is 0 Å². The maximum absolute atomic E-state index is 12.6. The number of carbonyl (C=O) groups is 1. The molecule has 2 N–H and O–H groups in total. The van der Waals surface area contributed by atoms with Crippen molar-refractivity contribution in [2.24, 2.45) is 5.73 Å². The molecule has 0 aliphatic carbocycles. The van der Waals surface area contributed by atoms with Gasteiger partial charge in [-0.25, -0.2) is 0 Å². The van der Waals surface area contributed by atoms with E-state index in [4.69, 9.17) is 5.73 Å². The molecule has 3 heterocycles. The van der Waals surface area contributed by atoms with E-state index in [0.29, 0.717) is 18.8 Å². The van der Waals surface area contributed by atoms with Crippen LogP contribution in [0.1, 0.15) is 23.3 Å². The maximum atomic E-state index is 12.6. The molecule has 1 aliphatic rings. The highest BCUT2D eigenvalue weighted by Gasteiger charge is 2.22. The zero-order chi connectivity index (χ0) is 18.6. The van der Waals surface area contributed by atoms with Crippen molar-refractivity contribution in [2.75, 3.05) is 13.1 Å². The number of benzene rings is 1. The average molecular weight is 359 g/mol. The Morgan fingerprint density at radius 2 is 1.67 bits per heavy atom. The third kappa shape index (κ3) is 3.85. The summed E-state index contributed by atoms with van der Waals surface area (Å²) in [7, 11) is 0. The molecule has 1 fully saturated rings. The lowest BCUT2D eigenvalue weighted by molar-refractivity contribution is 0.0707. The molecule has 1 aromatic carbocycles. The molecule has 1 saturated heterocycles. The van der Waals surface area contributed by atoms with Crippen LogP contribution in [0.2, 0.25) is 0 Å². The Kier molecular flexibility index (Phi) is 4.89. The number of nitrogens with two attached hydrogens (primary N) is 1. The molecule has 0 radical (unpaired) electrons. The van der Waals surface area contributed by atoms with Crippen LogP contribution in [0.3, 0.4) is 0 Å². The van der Waals surface area contributed by atoms with E-state index in [1.54, 1.807) is 23.4 Å². The Morgan fingerprint density at radius 3 is 2.37 bits per heavy atom. The number of nitrogens with zero attached hydrogens (tertiary/aromatic N) is 4. The summed E-state index contributed by atoms with van der Waals surface area (Å²) < 4.78 is 0. The second kappa shape index (κ2) is 7.63. The van der Waals surface area contributed by atoms with Gasteiger partial charge in [0.15, 0.2) is 5.69 Å². The number of amides is 1. The maximum Gasteiger partial charge on any atom is 0.274 e. The van der Waals surface area contributed by atoms with Crippen molar-refractivity contribution in [3.63, 3.8) is 0 Å². The summed E-state index contributed by atoms with van der Waals surface area (Å²) in [5, 5.41) is 8.45. The molecule has 1 amide bonds. The number of pyridine rings is 1. The Bertz CT molecular complexity index is 919. The molecule has 0 atom stereocenters. The zero-order valence-corrected chi connectivity index (χ0v) is 15.0. The molecule has 0 spiro atoms. The van der Waals surface area contributed by atoms with E-state index < -0.39 is 0 Å². The quantitative estimate of drug-likeness (QED) is 0.777. The van der Waals surface area contributed by atoms with E-state index in [-0.39, 0.29) is 11.9 Å². The molecule has 2 aromatic heterocycles. The molecular weight excluding hydrogens is 338 g/mol. The Labute approximate surface area is 158 Å². The molecule has 136 valence electrons. The Balaban J connectivity index is 1.53. The molecule has 3 aromatic rings. The van der Waals surface area contributed by atoms with Gasteiger partial charge in [0.1, 0.15) is 0 Å². The van der Waals surface area contributed by atoms with Crippen molar-refractivity contribution in [2.45, 2.75) is 18.9 Å². The van der Waals surface area contributed by atoms with Crippen LogP contribution in [0, 0.1) is 0 Å². The first-order valence-corrected chi connectivity index (χ1v) is 9.10. The number of likely N-dealkylation sites (tertiary alicyclic amines) is 1. The minimum atomic E-state index is -0.0773. The van der Waals surface area contributed by atoms with Crippen LogP contribution in [0.5, 0.6) is 0 Å². The van der Waals surface area contributed by atoms with Crippen molar-refractivity contribution < 1.29 is 4.79 Å². The second-order valence-electron chi connectivity index (χ2n) is 6.75. The van der Waals surface area contributed by atoms with E-state index in [1.165, 1.54) is 0 Å². The summed E-state index contributed by atoms with van der Waals surface area (Å²) in [5.41, 5.74) is 10.2. The molecule has 27 heavy (non-hydrogen) atoms. The number of aromatic nitrogens is 3. The van der Waals surface area contributed by atoms with Gasteiger partial charge in [-0.15, -0.1) is 10.2 Å². The summed E-state index contributed by atoms with van der Waals surface area (Å²) in [5.74, 6) is -0.0773. The van der Waals surface area contributed by atoms with Gasteiger partial charge in [0, 0.05) is 37.1 Å². The molecule has 0 bridgehead atoms. The SMILES string of the molecule is NC1CCN(C(=O)c2ccc(-c3cccc(-c4ccncc4)c3)nn2)CC1. The zero-order valence-electron chi connectivity index (χ0n) is 15.0. The average Bonchev–Trinajstić information content (AvgIpc) is 2.75. The summed E-state index contributed by atoms with van der Waals surface area (Å²) in [6.45, 7) is 1.36. The second-order valence-corrected chi connectivity index (χ2v) is 6.75. The molecule has 0 unspecified atom stereocenters. The Hall–Kier alpha value is -3.12. The van der Waals surface area contributed by atoms with Gasteiger partial charge in [0.25, 0.3) is 5.91 Å². The lowest BCUT2D eigenvalue weighted by Crippen LogP contribution is -2.43. The third-order valence-electron chi connectivity index (χ3n) is 4.88. The molecule has 6 heteroatoms. The minimum Gasteiger partial charge on any atom is -0.337 e. The van der Waals surface area contributed by atoms with Gasteiger partial charge in [-0.1, -0.05) is 18.2 Å². The third-order valence-corrected chi connectivity index (χ3v) is 4.88. The largest absolute Gasteiger partial charge is 0.337 e. The smallest absolute Gasteiger partial charge is 0.274 e. The highest BCUT2D eigenvalue weighted by molar-refractivity contribution is 5.92. The first-order chi connectivity index (χ1) is 13.2. The van der Waals surface area contributed by atoms with Crippen LogP contribution >= 0.6 is 0 Å². The van der Waals surface area contributed by atoms with Crippen LogP contribution in [0.15, 0.2) is 60.9 Å². The number of piperidine rings is 1. The van der Waals surface area contributed by atoms with Crippen molar-refractivity contribution >= 4 is 5.91 Å². The Morgan fingerprint density at radius 1 is 0.926 bits per heavy atom. The van der Waals surface area contributed by atoms with Gasteiger partial charge in [0.05, 0.1) is 5.69 Å². The number of carbonyl (C=O) groups excluding carboxylic acids is 1. The van der Waals surface area contributed by atoms with Gasteiger partial charge in [-0.2, -0.15) is 0 Å². The monoisotopic (exact) mass is 359 g/mol. The van der Waals surface area contributed by atoms with Crippen LogP contribution < -0.4 is 5.73 Å². The standard InChI is InChI=1S/C21H21N5O/c22-18-8-12-26(13-9-18)21(27)20-5-4-19(24-25-20)17-3-1-2-16(14-17)15-6-10-23-11-7-15/h1-7,10-11,14,18H,8-9,12-13,22H2. The van der Waals surface area contributed by atoms with Gasteiger partial charge in [-0.05, 0) is 54.3 Å². The summed E-state index contributed by atoms with van der Waals surface area (Å²) in [4.78, 5) is 18.4. The van der Waals surface area contributed by atoms with Gasteiger partial charge >= 0.3 is 0 Å². The van der Waals surface area contributed by atoms with E-state index >= 15 is 0 Å². The van der Waals surface area contributed by atoms with Gasteiger partial charge < -0.3 is 10.6 Å². The molecule has 6 nitrogen and oxygen atoms in total. The fraction of sp³-hybridized carbons (Fsp3) is 0.238. The molecule has 0 saturated carbocycles. The van der Waals surface area contributed by atoms with E-state index in [0.717, 1.165) is 35.2 Å². The first-order valence-electron chi connectivity index (χ1n) is 9.10. The summed E-state index contributed by atoms with van der Waals surface area (Å²) in [6, 6.07) is 15.8. The fourth-order valence-electron chi connectivity index (χ4n) is 3.27. The predicted octanol–water partition coefficient (Wildman–Crippen LogP) is 2.77. The van der Waals surface area contributed by atoms with E-state index in [1.807, 2.05) is 36.4 Å².